The Balaban J connectivity index is 1.78. The second-order valence-corrected chi connectivity index (χ2v) is 9.87. The van der Waals surface area contributed by atoms with Crippen LogP contribution in [-0.4, -0.2) is 30.4 Å². The molecule has 0 radical (unpaired) electrons. The summed E-state index contributed by atoms with van der Waals surface area (Å²) in [6.45, 7) is -2.87. The van der Waals surface area contributed by atoms with E-state index in [-0.39, 0.29) is 34.5 Å². The Bertz CT molecular complexity index is 1440. The van der Waals surface area contributed by atoms with E-state index in [2.05, 4.69) is 17.9 Å². The Hall–Kier alpha value is -2.31. The predicted octanol–water partition coefficient (Wildman–Crippen LogP) is 5.41. The minimum Gasteiger partial charge on any atom is -0.378 e. The monoisotopic (exact) mass is 439 g/mol. The number of aliphatic hydroxyl groups is 1. The maximum atomic E-state index is 12.4. The number of nitrogens with zero attached hydrogens (tertiary/aromatic N) is 1. The van der Waals surface area contributed by atoms with Gasteiger partial charge in [0.25, 0.3) is 0 Å². The van der Waals surface area contributed by atoms with Gasteiger partial charge in [0.1, 0.15) is 11.4 Å². The summed E-state index contributed by atoms with van der Waals surface area (Å²) in [4.78, 5) is 12.4. The van der Waals surface area contributed by atoms with Crippen LogP contribution in [0.3, 0.4) is 0 Å². The molecule has 1 aromatic carbocycles. The van der Waals surface area contributed by atoms with Crippen molar-refractivity contribution >= 4 is 11.5 Å². The van der Waals surface area contributed by atoms with Crippen LogP contribution in [0.5, 0.6) is 0 Å². The first-order valence-electron chi connectivity index (χ1n) is 16.4. The zero-order valence-electron chi connectivity index (χ0n) is 28.6. The fourth-order valence-electron chi connectivity index (χ4n) is 6.87. The van der Waals surface area contributed by atoms with Crippen LogP contribution in [-0.2, 0) is 4.79 Å². The zero-order chi connectivity index (χ0) is 31.2. The summed E-state index contributed by atoms with van der Waals surface area (Å²) in [6.07, 6.45) is 5.32. The third-order valence-corrected chi connectivity index (χ3v) is 8.40. The van der Waals surface area contributed by atoms with Crippen molar-refractivity contribution in [3.63, 3.8) is 0 Å². The van der Waals surface area contributed by atoms with E-state index in [1.54, 1.807) is 6.92 Å². The van der Waals surface area contributed by atoms with Gasteiger partial charge in [0.2, 0.25) is 0 Å². The first kappa shape index (κ1) is 12.8. The highest BCUT2D eigenvalue weighted by Gasteiger charge is 2.62. The van der Waals surface area contributed by atoms with Crippen LogP contribution in [0.2, 0.25) is 0 Å². The molecule has 3 nitrogen and oxygen atoms in total. The van der Waals surface area contributed by atoms with Gasteiger partial charge >= 0.3 is 0 Å². The molecule has 0 saturated heterocycles. The normalized spacial score (nSPS) is 41.2. The van der Waals surface area contributed by atoms with Crippen molar-refractivity contribution in [2.45, 2.75) is 70.3 Å². The molecule has 0 bridgehead atoms. The molecule has 0 amide bonds. The molecule has 0 unspecified atom stereocenters. The van der Waals surface area contributed by atoms with E-state index in [0.29, 0.717) is 32.1 Å². The van der Waals surface area contributed by atoms with E-state index in [4.69, 9.17) is 13.7 Å². The number of benzene rings is 1. The fraction of sp³-hybridized carbons (Fsp3) is 0.552. The van der Waals surface area contributed by atoms with Crippen molar-refractivity contribution in [3.8, 4) is 11.8 Å². The molecule has 5 atom stereocenters. The number of allylic oxidation sites excluding steroid dienone is 4. The average molecular weight is 440 g/mol. The first-order chi connectivity index (χ1) is 19.4. The molecule has 3 saturated carbocycles. The van der Waals surface area contributed by atoms with Gasteiger partial charge in [-0.25, -0.2) is 0 Å². The van der Waals surface area contributed by atoms with Gasteiger partial charge in [-0.2, -0.15) is 0 Å². The maximum absolute atomic E-state index is 12.4. The smallest absolute Gasteiger partial charge is 0.137 e. The summed E-state index contributed by atoms with van der Waals surface area (Å²) in [5, 5.41) is 11.9. The van der Waals surface area contributed by atoms with E-state index in [1.807, 2.05) is 6.92 Å². The van der Waals surface area contributed by atoms with Gasteiger partial charge < -0.3 is 10.0 Å². The van der Waals surface area contributed by atoms with Gasteiger partial charge in [-0.1, -0.05) is 36.6 Å². The lowest BCUT2D eigenvalue weighted by Crippen LogP contribution is -2.50. The van der Waals surface area contributed by atoms with Crippen molar-refractivity contribution in [3.05, 3.63) is 52.5 Å². The van der Waals surface area contributed by atoms with E-state index >= 15 is 0 Å². The molecule has 168 valence electrons. The predicted molar refractivity (Wildman–Crippen MR) is 129 cm³/mol. The van der Waals surface area contributed by atoms with Crippen LogP contribution in [0, 0.1) is 29.1 Å². The molecule has 3 heteroatoms. The van der Waals surface area contributed by atoms with E-state index in [1.165, 1.54) is 0 Å². The third kappa shape index (κ3) is 3.11. The maximum Gasteiger partial charge on any atom is 0.137 e. The molecule has 4 aliphatic carbocycles. The summed E-state index contributed by atoms with van der Waals surface area (Å²) < 4.78 is 82.6. The third-order valence-electron chi connectivity index (χ3n) is 8.40. The zero-order valence-corrected chi connectivity index (χ0v) is 18.6. The average Bonchev–Trinajstić information content (AvgIpc) is 3.13. The van der Waals surface area contributed by atoms with E-state index < -0.39 is 60.7 Å². The molecular formula is C29H35NO2. The number of fused-ring (bicyclic) bond motifs is 4. The Labute approximate surface area is 206 Å². The number of ketones is 1. The molecule has 4 aliphatic rings. The van der Waals surface area contributed by atoms with Crippen molar-refractivity contribution < 1.29 is 23.6 Å². The van der Waals surface area contributed by atoms with Gasteiger partial charge in [0, 0.05) is 52.0 Å². The standard InChI is InChI=1S/C29H35NO2/c1-5-15-29(32)16-14-26-24-12-8-20-17-22(31)11-13-23(20)27(24)25(18-28(26,29)2)19-6-9-21(10-7-19)30(3)4/h6-10,24-26,32H,11-14,16-18H2,1-4H3/t24-,25+,26-,28-,29-/m0/s1/i3D3,4D3,6D,7D,9D,10D. The quantitative estimate of drug-likeness (QED) is 0.627. The summed E-state index contributed by atoms with van der Waals surface area (Å²) >= 11 is 0. The highest BCUT2D eigenvalue weighted by Crippen LogP contribution is 2.66. The van der Waals surface area contributed by atoms with Gasteiger partial charge in [-0.15, -0.1) is 5.92 Å². The molecular weight excluding hydrogens is 394 g/mol. The highest BCUT2D eigenvalue weighted by molar-refractivity contribution is 5.84. The molecule has 0 spiro atoms. The van der Waals surface area contributed by atoms with Gasteiger partial charge in [0.05, 0.1) is 5.48 Å². The van der Waals surface area contributed by atoms with Crippen LogP contribution in [0.1, 0.15) is 84.0 Å². The molecule has 3 fully saturated rings. The molecule has 0 heterocycles. The van der Waals surface area contributed by atoms with Crippen molar-refractivity contribution in [1.29, 1.82) is 0 Å². The topological polar surface area (TPSA) is 40.5 Å². The Morgan fingerprint density at radius 1 is 1.25 bits per heavy atom. The number of rotatable bonds is 2. The fourth-order valence-corrected chi connectivity index (χ4v) is 6.87. The molecule has 0 aliphatic heterocycles. The lowest BCUT2D eigenvalue weighted by Gasteiger charge is -2.53. The minimum atomic E-state index is -3.25. The van der Waals surface area contributed by atoms with Gasteiger partial charge in [-0.3, -0.25) is 4.79 Å². The van der Waals surface area contributed by atoms with E-state index in [9.17, 15) is 9.90 Å². The summed E-state index contributed by atoms with van der Waals surface area (Å²) in [6, 6.07) is -2.50. The molecule has 0 aromatic heterocycles. The van der Waals surface area contributed by atoms with E-state index in [0.717, 1.165) is 23.1 Å². The van der Waals surface area contributed by atoms with Crippen LogP contribution in [0.25, 0.3) is 0 Å². The Morgan fingerprint density at radius 2 is 2.03 bits per heavy atom. The van der Waals surface area contributed by atoms with Crippen molar-refractivity contribution in [1.82, 2.24) is 0 Å². The number of hydrogen-bond donors (Lipinski definition) is 1. The highest BCUT2D eigenvalue weighted by atomic mass is 16.3. The number of Topliss-reactive ketones (excluding diaryl/α,β-unsaturated/α-hetero) is 1. The molecule has 32 heavy (non-hydrogen) atoms. The van der Waals surface area contributed by atoms with Crippen LogP contribution < -0.4 is 4.90 Å². The SMILES string of the molecule is [2H]c1c([2H])c(N(C([2H])([2H])[2H])C([2H])([2H])[2H])c([2H])c([2H])c1[C@H]1C[C@@]2(C)[C@@H](CC[C@@]2(O)C#CC)[C@@H]2CC=C3CC(=O)CCC3=C21. The van der Waals surface area contributed by atoms with Crippen LogP contribution in [0.15, 0.2) is 47.0 Å². The minimum absolute atomic E-state index is 0.00813. The molecule has 1 aromatic rings. The van der Waals surface area contributed by atoms with Crippen LogP contribution >= 0.6 is 0 Å². The second kappa shape index (κ2) is 7.63. The number of anilines is 1. The number of carbonyl (C=O) groups excluding carboxylic acids is 1. The lowest BCUT2D eigenvalue weighted by molar-refractivity contribution is -0.118. The first-order valence-corrected chi connectivity index (χ1v) is 11.4. The number of carbonyl (C=O) groups is 1. The molecule has 1 N–H and O–H groups in total. The van der Waals surface area contributed by atoms with Crippen molar-refractivity contribution in [2.75, 3.05) is 18.9 Å². The molecule has 5 rings (SSSR count). The lowest BCUT2D eigenvalue weighted by atomic mass is 9.51. The summed E-state index contributed by atoms with van der Waals surface area (Å²) in [7, 11) is 0. The second-order valence-electron chi connectivity index (χ2n) is 9.87. The van der Waals surface area contributed by atoms with Gasteiger partial charge in [-0.05, 0) is 79.7 Å². The van der Waals surface area contributed by atoms with Crippen LogP contribution in [0.4, 0.5) is 5.69 Å². The summed E-state index contributed by atoms with van der Waals surface area (Å²) in [5.41, 5.74) is 0.0610. The van der Waals surface area contributed by atoms with Gasteiger partial charge in [0.15, 0.2) is 0 Å². The largest absolute Gasteiger partial charge is 0.378 e. The summed E-state index contributed by atoms with van der Waals surface area (Å²) in [5.74, 6) is 5.32. The Kier molecular flexibility index (Phi) is 3.05. The van der Waals surface area contributed by atoms with Crippen molar-refractivity contribution in [2.24, 2.45) is 17.3 Å². The Morgan fingerprint density at radius 3 is 2.75 bits per heavy atom. The number of hydrogen-bond acceptors (Lipinski definition) is 3.